The zero-order valence-corrected chi connectivity index (χ0v) is 13.6. The fourth-order valence-electron chi connectivity index (χ4n) is 2.08. The van der Waals surface area contributed by atoms with Gasteiger partial charge >= 0.3 is 0 Å². The van der Waals surface area contributed by atoms with Crippen molar-refractivity contribution in [3.05, 3.63) is 66.2 Å². The highest BCUT2D eigenvalue weighted by atomic mass is 32.2. The number of benzene rings is 2. The average molecular weight is 314 g/mol. The van der Waals surface area contributed by atoms with Crippen LogP contribution in [0.1, 0.15) is 17.7 Å². The van der Waals surface area contributed by atoms with Gasteiger partial charge in [0.15, 0.2) is 0 Å². The first kappa shape index (κ1) is 16.6. The van der Waals surface area contributed by atoms with E-state index in [1.54, 1.807) is 11.8 Å². The Labute approximate surface area is 136 Å². The fraction of sp³-hybridized carbons (Fsp3) is 0.278. The summed E-state index contributed by atoms with van der Waals surface area (Å²) in [7, 11) is 0. The van der Waals surface area contributed by atoms with Crippen molar-refractivity contribution >= 4 is 17.7 Å². The molecule has 0 spiro atoms. The summed E-state index contributed by atoms with van der Waals surface area (Å²) < 4.78 is 0. The summed E-state index contributed by atoms with van der Waals surface area (Å²) in [6.07, 6.45) is 0. The van der Waals surface area contributed by atoms with E-state index in [-0.39, 0.29) is 11.2 Å². The number of amides is 1. The standard InChI is InChI=1S/C18H22N2OS/c1-2-19-13-14-20-18(21)17(15-9-5-3-6-10-15)22-16-11-7-4-8-12-16/h3-12,17,19H,2,13-14H2,1H3,(H,20,21). The van der Waals surface area contributed by atoms with Crippen molar-refractivity contribution in [2.75, 3.05) is 19.6 Å². The maximum Gasteiger partial charge on any atom is 0.238 e. The molecule has 2 N–H and O–H groups in total. The summed E-state index contributed by atoms with van der Waals surface area (Å²) in [6, 6.07) is 20.0. The highest BCUT2D eigenvalue weighted by molar-refractivity contribution is 8.00. The molecule has 0 saturated carbocycles. The number of rotatable bonds is 8. The quantitative estimate of drug-likeness (QED) is 0.580. The van der Waals surface area contributed by atoms with E-state index in [2.05, 4.69) is 17.6 Å². The Balaban J connectivity index is 2.06. The van der Waals surface area contributed by atoms with Crippen LogP contribution >= 0.6 is 11.8 Å². The molecule has 0 aliphatic rings. The van der Waals surface area contributed by atoms with Crippen molar-refractivity contribution in [3.8, 4) is 0 Å². The summed E-state index contributed by atoms with van der Waals surface area (Å²) in [6.45, 7) is 4.40. The fourth-order valence-corrected chi connectivity index (χ4v) is 3.15. The van der Waals surface area contributed by atoms with Crippen LogP contribution in [0.25, 0.3) is 0 Å². The van der Waals surface area contributed by atoms with Crippen LogP contribution in [0.2, 0.25) is 0 Å². The van der Waals surface area contributed by atoms with E-state index in [4.69, 9.17) is 0 Å². The van der Waals surface area contributed by atoms with Gasteiger partial charge in [-0.1, -0.05) is 55.5 Å². The second-order valence-electron chi connectivity index (χ2n) is 4.87. The number of hydrogen-bond donors (Lipinski definition) is 2. The first-order valence-electron chi connectivity index (χ1n) is 7.56. The number of carbonyl (C=O) groups is 1. The second-order valence-corrected chi connectivity index (χ2v) is 6.04. The Morgan fingerprint density at radius 1 is 1.00 bits per heavy atom. The minimum atomic E-state index is -0.231. The molecule has 22 heavy (non-hydrogen) atoms. The molecule has 0 bridgehead atoms. The van der Waals surface area contributed by atoms with E-state index in [1.165, 1.54) is 0 Å². The van der Waals surface area contributed by atoms with E-state index in [0.29, 0.717) is 6.54 Å². The Bertz CT molecular complexity index is 560. The third-order valence-corrected chi connectivity index (χ3v) is 4.45. The molecular formula is C18H22N2OS. The second kappa shape index (κ2) is 9.28. The Kier molecular flexibility index (Phi) is 7.00. The number of likely N-dealkylation sites (N-methyl/N-ethyl adjacent to an activating group) is 1. The van der Waals surface area contributed by atoms with Gasteiger partial charge in [-0.05, 0) is 24.2 Å². The molecule has 0 radical (unpaired) electrons. The zero-order valence-electron chi connectivity index (χ0n) is 12.8. The van der Waals surface area contributed by atoms with Gasteiger partial charge < -0.3 is 10.6 Å². The molecule has 2 aromatic carbocycles. The zero-order chi connectivity index (χ0) is 15.6. The number of nitrogens with one attached hydrogen (secondary N) is 2. The average Bonchev–Trinajstić information content (AvgIpc) is 2.58. The van der Waals surface area contributed by atoms with Crippen LogP contribution in [0, 0.1) is 0 Å². The van der Waals surface area contributed by atoms with Gasteiger partial charge in [0.2, 0.25) is 5.91 Å². The summed E-state index contributed by atoms with van der Waals surface area (Å²) in [5, 5.41) is 5.99. The first-order chi connectivity index (χ1) is 10.8. The molecule has 116 valence electrons. The highest BCUT2D eigenvalue weighted by Crippen LogP contribution is 2.35. The van der Waals surface area contributed by atoms with Crippen molar-refractivity contribution in [1.82, 2.24) is 10.6 Å². The van der Waals surface area contributed by atoms with Gasteiger partial charge in [-0.2, -0.15) is 0 Å². The van der Waals surface area contributed by atoms with Crippen LogP contribution in [-0.2, 0) is 4.79 Å². The largest absolute Gasteiger partial charge is 0.354 e. The van der Waals surface area contributed by atoms with Crippen molar-refractivity contribution in [2.45, 2.75) is 17.1 Å². The smallest absolute Gasteiger partial charge is 0.238 e. The van der Waals surface area contributed by atoms with Crippen molar-refractivity contribution in [3.63, 3.8) is 0 Å². The molecule has 4 heteroatoms. The lowest BCUT2D eigenvalue weighted by Gasteiger charge is -2.17. The minimum absolute atomic E-state index is 0.0537. The molecule has 0 aliphatic heterocycles. The highest BCUT2D eigenvalue weighted by Gasteiger charge is 2.21. The third-order valence-electron chi connectivity index (χ3n) is 3.19. The van der Waals surface area contributed by atoms with E-state index >= 15 is 0 Å². The van der Waals surface area contributed by atoms with Crippen LogP contribution < -0.4 is 10.6 Å². The summed E-state index contributed by atoms with van der Waals surface area (Å²) in [4.78, 5) is 13.6. The van der Waals surface area contributed by atoms with Crippen LogP contribution in [0.5, 0.6) is 0 Å². The maximum atomic E-state index is 12.6. The van der Waals surface area contributed by atoms with Crippen LogP contribution in [0.15, 0.2) is 65.6 Å². The van der Waals surface area contributed by atoms with Crippen LogP contribution in [0.3, 0.4) is 0 Å². The summed E-state index contributed by atoms with van der Waals surface area (Å²) >= 11 is 1.58. The summed E-state index contributed by atoms with van der Waals surface area (Å²) in [5.74, 6) is 0.0537. The molecular weight excluding hydrogens is 292 g/mol. The Morgan fingerprint density at radius 3 is 2.27 bits per heavy atom. The van der Waals surface area contributed by atoms with E-state index in [0.717, 1.165) is 23.5 Å². The normalized spacial score (nSPS) is 11.9. The third kappa shape index (κ3) is 5.20. The van der Waals surface area contributed by atoms with Gasteiger partial charge in [0, 0.05) is 18.0 Å². The van der Waals surface area contributed by atoms with Crippen molar-refractivity contribution in [1.29, 1.82) is 0 Å². The topological polar surface area (TPSA) is 41.1 Å². The lowest BCUT2D eigenvalue weighted by molar-refractivity contribution is -0.120. The molecule has 1 unspecified atom stereocenters. The predicted molar refractivity (Wildman–Crippen MR) is 93.0 cm³/mol. The van der Waals surface area contributed by atoms with E-state index in [1.807, 2.05) is 60.7 Å². The lowest BCUT2D eigenvalue weighted by atomic mass is 10.1. The van der Waals surface area contributed by atoms with Gasteiger partial charge in [-0.15, -0.1) is 11.8 Å². The van der Waals surface area contributed by atoms with Gasteiger partial charge in [-0.25, -0.2) is 0 Å². The minimum Gasteiger partial charge on any atom is -0.354 e. The maximum absolute atomic E-state index is 12.6. The molecule has 0 aliphatic carbocycles. The van der Waals surface area contributed by atoms with Crippen molar-refractivity contribution in [2.24, 2.45) is 0 Å². The Morgan fingerprint density at radius 2 is 1.64 bits per heavy atom. The molecule has 2 rings (SSSR count). The van der Waals surface area contributed by atoms with E-state index in [9.17, 15) is 4.79 Å². The predicted octanol–water partition coefficient (Wildman–Crippen LogP) is 3.25. The van der Waals surface area contributed by atoms with Crippen LogP contribution in [-0.4, -0.2) is 25.5 Å². The Hall–Kier alpha value is -1.78. The van der Waals surface area contributed by atoms with Crippen LogP contribution in [0.4, 0.5) is 0 Å². The van der Waals surface area contributed by atoms with Gasteiger partial charge in [0.25, 0.3) is 0 Å². The lowest BCUT2D eigenvalue weighted by Crippen LogP contribution is -2.34. The van der Waals surface area contributed by atoms with Gasteiger partial charge in [0.1, 0.15) is 5.25 Å². The molecule has 0 aromatic heterocycles. The molecule has 0 fully saturated rings. The SMILES string of the molecule is CCNCCNC(=O)C(Sc1ccccc1)c1ccccc1. The monoisotopic (exact) mass is 314 g/mol. The van der Waals surface area contributed by atoms with Gasteiger partial charge in [-0.3, -0.25) is 4.79 Å². The molecule has 1 amide bonds. The molecule has 0 saturated heterocycles. The van der Waals surface area contributed by atoms with E-state index < -0.39 is 0 Å². The molecule has 3 nitrogen and oxygen atoms in total. The van der Waals surface area contributed by atoms with Gasteiger partial charge in [0.05, 0.1) is 0 Å². The number of hydrogen-bond acceptors (Lipinski definition) is 3. The first-order valence-corrected chi connectivity index (χ1v) is 8.44. The number of carbonyl (C=O) groups excluding carboxylic acids is 1. The molecule has 1 atom stereocenters. The number of thioether (sulfide) groups is 1. The van der Waals surface area contributed by atoms with Crippen molar-refractivity contribution < 1.29 is 4.79 Å². The summed E-state index contributed by atoms with van der Waals surface area (Å²) in [5.41, 5.74) is 1.03. The molecule has 2 aromatic rings. The molecule has 0 heterocycles.